The number of aliphatic hydroxyl groups excluding tert-OH is 1. The smallest absolute Gasteiger partial charge is 0.416 e. The number of piperidine rings is 1. The number of benzene rings is 2. The van der Waals surface area contributed by atoms with Gasteiger partial charge in [0, 0.05) is 69.4 Å². The van der Waals surface area contributed by atoms with E-state index < -0.39 is 23.8 Å². The van der Waals surface area contributed by atoms with E-state index in [0.717, 1.165) is 23.4 Å². The number of carbonyl (C=O) groups excluding carboxylic acids is 1. The highest BCUT2D eigenvalue weighted by atomic mass is 35.5. The predicted molar refractivity (Wildman–Crippen MR) is 164 cm³/mol. The summed E-state index contributed by atoms with van der Waals surface area (Å²) in [6.07, 6.45) is -0.742. The number of nitrogens with zero attached hydrogens (tertiary/aromatic N) is 5. The number of rotatable bonds is 9. The first kappa shape index (κ1) is 33.1. The fraction of sp³-hybridized carbons (Fsp3) is 0.400. The van der Waals surface area contributed by atoms with Gasteiger partial charge in [-0.2, -0.15) is 18.3 Å². The number of nitrogens with one attached hydrogen (secondary N) is 1. The molecule has 238 valence electrons. The van der Waals surface area contributed by atoms with E-state index in [9.17, 15) is 23.1 Å². The Morgan fingerprint density at radius 2 is 1.93 bits per heavy atom. The largest absolute Gasteiger partial charge is 0.494 e. The van der Waals surface area contributed by atoms with E-state index in [0.29, 0.717) is 42.3 Å². The molecule has 0 saturated carbocycles. The van der Waals surface area contributed by atoms with Crippen LogP contribution in [0.5, 0.6) is 5.75 Å². The molecule has 3 aromatic rings. The molecule has 4 rings (SSSR count). The summed E-state index contributed by atoms with van der Waals surface area (Å²) in [6.45, 7) is 3.09. The lowest BCUT2D eigenvalue weighted by molar-refractivity contribution is -0.137. The van der Waals surface area contributed by atoms with Gasteiger partial charge in [-0.15, -0.1) is 0 Å². The van der Waals surface area contributed by atoms with Crippen molar-refractivity contribution in [2.45, 2.75) is 38.6 Å². The first-order chi connectivity index (χ1) is 20.7. The first-order valence-electron chi connectivity index (χ1n) is 13.9. The van der Waals surface area contributed by atoms with Crippen LogP contribution in [0.25, 0.3) is 5.70 Å². The molecule has 0 atom stereocenters. The highest BCUT2D eigenvalue weighted by molar-refractivity contribution is 6.33. The molecule has 0 bridgehead atoms. The molecule has 4 N–H and O–H groups in total. The number of amides is 1. The Morgan fingerprint density at radius 3 is 2.50 bits per heavy atom. The predicted octanol–water partition coefficient (Wildman–Crippen LogP) is 4.86. The fourth-order valence-corrected chi connectivity index (χ4v) is 5.23. The number of methoxy groups -OCH3 is 1. The lowest BCUT2D eigenvalue weighted by Crippen LogP contribution is -2.35. The molecule has 44 heavy (non-hydrogen) atoms. The third kappa shape index (κ3) is 7.46. The number of aromatic nitrogens is 2. The summed E-state index contributed by atoms with van der Waals surface area (Å²) < 4.78 is 49.1. The van der Waals surface area contributed by atoms with E-state index in [-0.39, 0.29) is 29.1 Å². The van der Waals surface area contributed by atoms with Crippen LogP contribution in [0, 0.1) is 6.92 Å². The zero-order chi connectivity index (χ0) is 32.3. The number of nitrogens with two attached hydrogens (primary N) is 1. The van der Waals surface area contributed by atoms with Crippen molar-refractivity contribution in [2.24, 2.45) is 12.8 Å². The van der Waals surface area contributed by atoms with Crippen LogP contribution >= 0.6 is 11.6 Å². The minimum atomic E-state index is -4.66. The first-order valence-corrected chi connectivity index (χ1v) is 14.3. The molecule has 1 fully saturated rings. The van der Waals surface area contributed by atoms with Gasteiger partial charge in [0.2, 0.25) is 0 Å². The highest BCUT2D eigenvalue weighted by Crippen LogP contribution is 2.39. The van der Waals surface area contributed by atoms with Crippen LogP contribution in [0.1, 0.15) is 45.6 Å². The van der Waals surface area contributed by atoms with Gasteiger partial charge in [-0.25, -0.2) is 5.01 Å². The molecule has 2 aromatic carbocycles. The van der Waals surface area contributed by atoms with Crippen LogP contribution in [-0.4, -0.2) is 71.1 Å². The lowest BCUT2D eigenvalue weighted by atomic mass is 10.0. The summed E-state index contributed by atoms with van der Waals surface area (Å²) in [5, 5.41) is 20.3. The Kier molecular flexibility index (Phi) is 10.1. The van der Waals surface area contributed by atoms with Gasteiger partial charge in [-0.05, 0) is 50.1 Å². The molecule has 1 amide bonds. The van der Waals surface area contributed by atoms with Crippen molar-refractivity contribution in [3.8, 4) is 5.75 Å². The van der Waals surface area contributed by atoms with Crippen LogP contribution in [0.2, 0.25) is 5.02 Å². The molecule has 1 saturated heterocycles. The molecule has 0 aliphatic carbocycles. The van der Waals surface area contributed by atoms with E-state index >= 15 is 0 Å². The van der Waals surface area contributed by atoms with Crippen molar-refractivity contribution in [3.05, 3.63) is 75.7 Å². The van der Waals surface area contributed by atoms with Crippen molar-refractivity contribution < 1.29 is 27.8 Å². The molecule has 1 aliphatic rings. The number of hydrogen-bond donors (Lipinski definition) is 3. The average Bonchev–Trinajstić information content (AvgIpc) is 3.30. The fourth-order valence-electron chi connectivity index (χ4n) is 5.03. The maximum atomic E-state index is 13.9. The summed E-state index contributed by atoms with van der Waals surface area (Å²) in [4.78, 5) is 15.5. The monoisotopic (exact) mass is 635 g/mol. The summed E-state index contributed by atoms with van der Waals surface area (Å²) in [7, 11) is 6.68. The number of aliphatic hydroxyl groups is 1. The molecular weight excluding hydrogens is 599 g/mol. The standard InChI is InChI=1S/C30H37ClF3N7O3/c1-18-23(15-36-39(18)4)25(35)17-41(38(2)3)27-13-19(6-7-24(27)31)29(43)37-26-14-21(30(32,33)34)12-20(28(26)44-5)16-40-10-8-22(42)9-11-40/h6-7,12-15,17,22,42H,8-11,16,35H2,1-5H3,(H,37,43)/b25-17-. The van der Waals surface area contributed by atoms with Gasteiger partial charge in [-0.1, -0.05) is 11.6 Å². The van der Waals surface area contributed by atoms with E-state index in [1.807, 2.05) is 11.8 Å². The van der Waals surface area contributed by atoms with Crippen molar-refractivity contribution in [1.29, 1.82) is 0 Å². The summed E-state index contributed by atoms with van der Waals surface area (Å²) in [5.41, 5.74) is 8.18. The van der Waals surface area contributed by atoms with E-state index in [1.165, 1.54) is 25.3 Å². The van der Waals surface area contributed by atoms with E-state index in [1.54, 1.807) is 48.2 Å². The molecule has 1 aliphatic heterocycles. The number of likely N-dealkylation sites (tertiary alicyclic amines) is 1. The van der Waals surface area contributed by atoms with Gasteiger partial charge in [0.25, 0.3) is 5.91 Å². The average molecular weight is 636 g/mol. The minimum Gasteiger partial charge on any atom is -0.494 e. The number of aryl methyl sites for hydroxylation is 1. The molecular formula is C30H37ClF3N7O3. The van der Waals surface area contributed by atoms with Gasteiger partial charge in [0.1, 0.15) is 5.75 Å². The third-order valence-corrected chi connectivity index (χ3v) is 7.91. The summed E-state index contributed by atoms with van der Waals surface area (Å²) >= 11 is 6.55. The number of hydrazine groups is 1. The van der Waals surface area contributed by atoms with Crippen molar-refractivity contribution in [3.63, 3.8) is 0 Å². The number of hydrogen-bond acceptors (Lipinski definition) is 8. The van der Waals surface area contributed by atoms with Gasteiger partial charge in [-0.3, -0.25) is 19.4 Å². The van der Waals surface area contributed by atoms with Crippen LogP contribution in [0.4, 0.5) is 24.5 Å². The van der Waals surface area contributed by atoms with Crippen LogP contribution < -0.4 is 20.8 Å². The Morgan fingerprint density at radius 1 is 1.25 bits per heavy atom. The van der Waals surface area contributed by atoms with Crippen molar-refractivity contribution in [2.75, 3.05) is 44.6 Å². The molecule has 2 heterocycles. The second-order valence-electron chi connectivity index (χ2n) is 10.9. The zero-order valence-electron chi connectivity index (χ0n) is 25.2. The van der Waals surface area contributed by atoms with Gasteiger partial charge in [0.15, 0.2) is 0 Å². The normalized spacial score (nSPS) is 15.1. The number of halogens is 4. The SMILES string of the molecule is COc1c(CN2CCC(O)CC2)cc(C(F)(F)F)cc1NC(=O)c1ccc(Cl)c(N(/C=C(\N)c2cnn(C)c2C)N(C)C)c1. The number of ether oxygens (including phenoxy) is 1. The van der Waals surface area contributed by atoms with Crippen molar-refractivity contribution >= 4 is 34.6 Å². The maximum Gasteiger partial charge on any atom is 0.416 e. The third-order valence-electron chi connectivity index (χ3n) is 7.59. The highest BCUT2D eigenvalue weighted by Gasteiger charge is 2.33. The Balaban J connectivity index is 1.68. The molecule has 0 spiro atoms. The zero-order valence-corrected chi connectivity index (χ0v) is 26.0. The Labute approximate surface area is 259 Å². The lowest BCUT2D eigenvalue weighted by Gasteiger charge is -2.30. The topological polar surface area (TPSA) is 112 Å². The molecule has 0 radical (unpaired) electrons. The minimum absolute atomic E-state index is 0.114. The number of anilines is 2. The second-order valence-corrected chi connectivity index (χ2v) is 11.3. The molecule has 10 nitrogen and oxygen atoms in total. The van der Waals surface area contributed by atoms with E-state index in [4.69, 9.17) is 22.1 Å². The molecule has 1 aromatic heterocycles. The molecule has 14 heteroatoms. The maximum absolute atomic E-state index is 13.9. The number of alkyl halides is 3. The van der Waals surface area contributed by atoms with Crippen LogP contribution in [-0.2, 0) is 19.8 Å². The van der Waals surface area contributed by atoms with Crippen molar-refractivity contribution in [1.82, 2.24) is 19.7 Å². The van der Waals surface area contributed by atoms with Crippen LogP contribution in [0.3, 0.4) is 0 Å². The summed E-state index contributed by atoms with van der Waals surface area (Å²) in [5.74, 6) is -0.532. The van der Waals surface area contributed by atoms with Gasteiger partial charge >= 0.3 is 6.18 Å². The number of carbonyl (C=O) groups is 1. The summed E-state index contributed by atoms with van der Waals surface area (Å²) in [6, 6.07) is 6.44. The van der Waals surface area contributed by atoms with Gasteiger partial charge < -0.3 is 20.9 Å². The Hall–Kier alpha value is -3.78. The van der Waals surface area contributed by atoms with Gasteiger partial charge in [0.05, 0.1) is 47.1 Å². The molecule has 0 unspecified atom stereocenters. The second kappa shape index (κ2) is 13.5. The van der Waals surface area contributed by atoms with E-state index in [2.05, 4.69) is 10.4 Å². The van der Waals surface area contributed by atoms with Crippen LogP contribution in [0.15, 0.2) is 42.7 Å². The Bertz CT molecular complexity index is 1530. The quantitative estimate of drug-likeness (QED) is 0.286.